The second kappa shape index (κ2) is 9.08. The van der Waals surface area contributed by atoms with Crippen LogP contribution in [-0.4, -0.2) is 39.8 Å². The smallest absolute Gasteiger partial charge is 0.226 e. The van der Waals surface area contributed by atoms with Crippen molar-refractivity contribution in [1.29, 1.82) is 0 Å². The molecule has 1 amide bonds. The number of halogens is 1. The second-order valence-corrected chi connectivity index (χ2v) is 8.41. The first-order chi connectivity index (χ1) is 14.1. The van der Waals surface area contributed by atoms with E-state index in [1.807, 2.05) is 36.2 Å². The topological polar surface area (TPSA) is 56.6 Å². The lowest BCUT2D eigenvalue weighted by Gasteiger charge is -2.33. The molecule has 1 aliphatic carbocycles. The molecule has 1 fully saturated rings. The van der Waals surface area contributed by atoms with Gasteiger partial charge in [0.05, 0.1) is 18.1 Å². The maximum Gasteiger partial charge on any atom is 0.226 e. The number of hydrogen-bond donors (Lipinski definition) is 0. The van der Waals surface area contributed by atoms with Gasteiger partial charge in [-0.05, 0) is 25.0 Å². The zero-order valence-electron chi connectivity index (χ0n) is 16.8. The van der Waals surface area contributed by atoms with Crippen LogP contribution in [0.1, 0.15) is 44.2 Å². The van der Waals surface area contributed by atoms with E-state index in [2.05, 4.69) is 5.10 Å². The van der Waals surface area contributed by atoms with Crippen LogP contribution in [-0.2, 0) is 18.4 Å². The van der Waals surface area contributed by atoms with Crippen LogP contribution in [0.25, 0.3) is 0 Å². The Bertz CT molecular complexity index is 846. The minimum Gasteiger partial charge on any atom is -0.486 e. The molecule has 0 spiro atoms. The highest BCUT2D eigenvalue weighted by Crippen LogP contribution is 2.32. The third-order valence-electron chi connectivity index (χ3n) is 5.70. The Balaban J connectivity index is 1.51. The van der Waals surface area contributed by atoms with E-state index in [0.717, 1.165) is 37.2 Å². The van der Waals surface area contributed by atoms with Crippen LogP contribution in [0.5, 0.6) is 11.5 Å². The first-order valence-electron chi connectivity index (χ1n) is 10.5. The lowest BCUT2D eigenvalue weighted by atomic mass is 9.98. The van der Waals surface area contributed by atoms with Gasteiger partial charge in [-0.1, -0.05) is 49.4 Å². The number of benzene rings is 1. The van der Waals surface area contributed by atoms with E-state index in [9.17, 15) is 4.79 Å². The van der Waals surface area contributed by atoms with Gasteiger partial charge >= 0.3 is 0 Å². The van der Waals surface area contributed by atoms with Crippen molar-refractivity contribution in [2.24, 2.45) is 13.0 Å². The summed E-state index contributed by atoms with van der Waals surface area (Å²) in [5, 5.41) is 5.02. The Labute approximate surface area is 176 Å². The number of hydrogen-bond acceptors (Lipinski definition) is 4. The number of carbonyl (C=O) groups is 1. The lowest BCUT2D eigenvalue weighted by Crippen LogP contribution is -2.45. The number of aromatic nitrogens is 2. The molecule has 1 atom stereocenters. The monoisotopic (exact) mass is 417 g/mol. The number of aryl methyl sites for hydroxylation is 1. The van der Waals surface area contributed by atoms with Gasteiger partial charge in [0.2, 0.25) is 5.91 Å². The predicted octanol–water partition coefficient (Wildman–Crippen LogP) is 4.21. The summed E-state index contributed by atoms with van der Waals surface area (Å²) < 4.78 is 13.7. The molecule has 7 heteroatoms. The van der Waals surface area contributed by atoms with E-state index in [4.69, 9.17) is 21.1 Å². The van der Waals surface area contributed by atoms with Gasteiger partial charge in [0.1, 0.15) is 12.3 Å². The van der Waals surface area contributed by atoms with E-state index < -0.39 is 0 Å². The fourth-order valence-electron chi connectivity index (χ4n) is 4.21. The summed E-state index contributed by atoms with van der Waals surface area (Å²) in [5.41, 5.74) is 0.716. The van der Waals surface area contributed by atoms with Crippen LogP contribution >= 0.6 is 11.6 Å². The van der Waals surface area contributed by atoms with Crippen molar-refractivity contribution in [2.75, 3.05) is 13.2 Å². The first kappa shape index (κ1) is 20.1. The van der Waals surface area contributed by atoms with E-state index in [1.165, 1.54) is 12.8 Å². The largest absolute Gasteiger partial charge is 0.486 e. The molecular formula is C22H28ClN3O3. The van der Waals surface area contributed by atoms with Crippen molar-refractivity contribution in [3.63, 3.8) is 0 Å². The number of amides is 1. The van der Waals surface area contributed by atoms with Crippen molar-refractivity contribution in [1.82, 2.24) is 14.7 Å². The summed E-state index contributed by atoms with van der Waals surface area (Å²) in [6.45, 7) is 1.26. The van der Waals surface area contributed by atoms with Gasteiger partial charge in [-0.15, -0.1) is 0 Å². The molecule has 2 heterocycles. The molecule has 1 aliphatic heterocycles. The predicted molar refractivity (Wildman–Crippen MR) is 111 cm³/mol. The normalized spacial score (nSPS) is 19.6. The molecule has 0 radical (unpaired) electrons. The van der Waals surface area contributed by atoms with Gasteiger partial charge in [-0.3, -0.25) is 9.48 Å². The minimum atomic E-state index is -0.220. The summed E-state index contributed by atoms with van der Waals surface area (Å²) in [4.78, 5) is 15.3. The molecule has 6 nitrogen and oxygen atoms in total. The van der Waals surface area contributed by atoms with Gasteiger partial charge in [0, 0.05) is 19.2 Å². The number of rotatable bonds is 5. The van der Waals surface area contributed by atoms with Gasteiger partial charge in [-0.2, -0.15) is 5.10 Å². The van der Waals surface area contributed by atoms with Crippen LogP contribution < -0.4 is 9.47 Å². The van der Waals surface area contributed by atoms with Crippen LogP contribution in [0.15, 0.2) is 30.5 Å². The number of fused-ring (bicyclic) bond motifs is 1. The molecule has 0 bridgehead atoms. The molecule has 1 saturated carbocycles. The third kappa shape index (κ3) is 4.86. The minimum absolute atomic E-state index is 0.0665. The second-order valence-electron chi connectivity index (χ2n) is 8.00. The summed E-state index contributed by atoms with van der Waals surface area (Å²) >= 11 is 6.34. The van der Waals surface area contributed by atoms with Crippen LogP contribution in [0.3, 0.4) is 0 Å². The quantitative estimate of drug-likeness (QED) is 0.684. The Hall–Kier alpha value is -2.21. The summed E-state index contributed by atoms with van der Waals surface area (Å²) in [6, 6.07) is 7.64. The molecular weight excluding hydrogens is 390 g/mol. The highest BCUT2D eigenvalue weighted by Gasteiger charge is 2.30. The van der Waals surface area contributed by atoms with E-state index >= 15 is 0 Å². The lowest BCUT2D eigenvalue weighted by molar-refractivity contribution is -0.138. The van der Waals surface area contributed by atoms with Crippen molar-refractivity contribution >= 4 is 17.5 Å². The zero-order chi connectivity index (χ0) is 20.2. The van der Waals surface area contributed by atoms with E-state index in [0.29, 0.717) is 30.4 Å². The van der Waals surface area contributed by atoms with E-state index in [1.54, 1.807) is 10.9 Å². The fourth-order valence-corrected chi connectivity index (χ4v) is 4.45. The maximum atomic E-state index is 13.4. The average molecular weight is 418 g/mol. The Morgan fingerprint density at radius 3 is 2.62 bits per heavy atom. The van der Waals surface area contributed by atoms with Gasteiger partial charge in [-0.25, -0.2) is 0 Å². The van der Waals surface area contributed by atoms with Crippen LogP contribution in [0.4, 0.5) is 0 Å². The third-order valence-corrected chi connectivity index (χ3v) is 6.02. The average Bonchev–Trinajstić information content (AvgIpc) is 2.91. The van der Waals surface area contributed by atoms with Crippen LogP contribution in [0, 0.1) is 5.92 Å². The van der Waals surface area contributed by atoms with Crippen molar-refractivity contribution < 1.29 is 14.3 Å². The molecule has 0 unspecified atom stereocenters. The van der Waals surface area contributed by atoms with Crippen LogP contribution in [0.2, 0.25) is 5.02 Å². The molecule has 2 aromatic rings. The fraction of sp³-hybridized carbons (Fsp3) is 0.545. The highest BCUT2D eigenvalue weighted by molar-refractivity contribution is 6.31. The zero-order valence-corrected chi connectivity index (χ0v) is 17.6. The molecule has 2 aliphatic rings. The Morgan fingerprint density at radius 2 is 1.93 bits per heavy atom. The number of carbonyl (C=O) groups excluding carboxylic acids is 1. The standard InChI is InChI=1S/C22H28ClN3O3/c1-25-13-18(23)19(24-25)14-26(22(27)16-8-4-2-3-5-9-16)12-17-15-28-20-10-6-7-11-21(20)29-17/h6-7,10-11,13,16-17H,2-5,8-9,12,14-15H2,1H3/t17-/m1/s1. The summed E-state index contributed by atoms with van der Waals surface area (Å²) in [6.07, 6.45) is 8.12. The van der Waals surface area contributed by atoms with Crippen molar-refractivity contribution in [3.8, 4) is 11.5 Å². The molecule has 156 valence electrons. The summed E-state index contributed by atoms with van der Waals surface area (Å²) in [5.74, 6) is 1.72. The van der Waals surface area contributed by atoms with Crippen molar-refractivity contribution in [2.45, 2.75) is 51.2 Å². The number of nitrogens with zero attached hydrogens (tertiary/aromatic N) is 3. The number of para-hydroxylation sites is 2. The molecule has 29 heavy (non-hydrogen) atoms. The van der Waals surface area contributed by atoms with Gasteiger partial charge < -0.3 is 14.4 Å². The van der Waals surface area contributed by atoms with Crippen molar-refractivity contribution in [3.05, 3.63) is 41.2 Å². The Morgan fingerprint density at radius 1 is 1.21 bits per heavy atom. The number of ether oxygens (including phenoxy) is 2. The molecule has 1 aromatic carbocycles. The van der Waals surface area contributed by atoms with Gasteiger partial charge in [0.15, 0.2) is 17.6 Å². The maximum absolute atomic E-state index is 13.4. The molecule has 0 saturated heterocycles. The molecule has 0 N–H and O–H groups in total. The highest BCUT2D eigenvalue weighted by atomic mass is 35.5. The SMILES string of the molecule is Cn1cc(Cl)c(CN(C[C@@H]2COc3ccccc3O2)C(=O)C2CCCCCC2)n1. The summed E-state index contributed by atoms with van der Waals surface area (Å²) in [7, 11) is 1.84. The van der Waals surface area contributed by atoms with E-state index in [-0.39, 0.29) is 17.9 Å². The Kier molecular flexibility index (Phi) is 6.28. The van der Waals surface area contributed by atoms with Gasteiger partial charge in [0.25, 0.3) is 0 Å². The molecule has 1 aromatic heterocycles. The molecule has 4 rings (SSSR count). The first-order valence-corrected chi connectivity index (χ1v) is 10.8.